The van der Waals surface area contributed by atoms with Gasteiger partial charge in [0.05, 0.1) is 4.90 Å². The number of hydrogen-bond donors (Lipinski definition) is 1. The van der Waals surface area contributed by atoms with Gasteiger partial charge in [0.25, 0.3) is 10.0 Å². The van der Waals surface area contributed by atoms with Crippen LogP contribution in [0, 0.1) is 6.92 Å². The molecule has 0 heterocycles. The summed E-state index contributed by atoms with van der Waals surface area (Å²) in [6.07, 6.45) is 0. The lowest BCUT2D eigenvalue weighted by Crippen LogP contribution is -2.17. The molecule has 6 heteroatoms. The van der Waals surface area contributed by atoms with Crippen molar-refractivity contribution in [1.29, 1.82) is 0 Å². The topological polar surface area (TPSA) is 58.5 Å². The quantitative estimate of drug-likeness (QED) is 0.514. The van der Waals surface area contributed by atoms with Crippen LogP contribution in [0.15, 0.2) is 88.2 Å². The molecule has 0 saturated carbocycles. The van der Waals surface area contributed by atoms with E-state index in [2.05, 4.69) is 9.71 Å². The normalized spacial score (nSPS) is 12.0. The highest BCUT2D eigenvalue weighted by atomic mass is 35.5. The Kier molecular flexibility index (Phi) is 5.40. The Hall–Kier alpha value is -2.63. The number of amidine groups is 1. The first kappa shape index (κ1) is 18.2. The molecule has 0 fully saturated rings. The molecule has 1 N–H and O–H groups in total. The van der Waals surface area contributed by atoms with Crippen LogP contribution in [0.25, 0.3) is 0 Å². The molecular weight excluding hydrogens is 368 g/mol. The highest BCUT2D eigenvalue weighted by Crippen LogP contribution is 2.19. The van der Waals surface area contributed by atoms with Gasteiger partial charge in [-0.05, 0) is 48.9 Å². The van der Waals surface area contributed by atoms with E-state index in [4.69, 9.17) is 11.6 Å². The van der Waals surface area contributed by atoms with Gasteiger partial charge in [-0.1, -0.05) is 54.1 Å². The van der Waals surface area contributed by atoms with Crippen LogP contribution in [0.4, 0.5) is 5.69 Å². The first-order valence-electron chi connectivity index (χ1n) is 7.94. The summed E-state index contributed by atoms with van der Waals surface area (Å²) in [5, 5.41) is 3.59. The molecule has 0 aliphatic rings. The third-order valence-electron chi connectivity index (χ3n) is 3.76. The third kappa shape index (κ3) is 4.31. The maximum atomic E-state index is 12.8. The molecular formula is C20H17ClN2O2S. The number of benzene rings is 3. The zero-order valence-corrected chi connectivity index (χ0v) is 15.6. The number of nitrogens with one attached hydrogen (secondary N) is 1. The number of aryl methyl sites for hydroxylation is 1. The van der Waals surface area contributed by atoms with Gasteiger partial charge in [-0.2, -0.15) is 8.42 Å². The molecule has 3 rings (SSSR count). The van der Waals surface area contributed by atoms with Gasteiger partial charge < -0.3 is 5.32 Å². The van der Waals surface area contributed by atoms with E-state index in [0.29, 0.717) is 10.6 Å². The van der Waals surface area contributed by atoms with Gasteiger partial charge in [-0.25, -0.2) is 0 Å². The summed E-state index contributed by atoms with van der Waals surface area (Å²) in [7, 11) is -3.89. The first-order chi connectivity index (χ1) is 12.5. The molecule has 0 atom stereocenters. The summed E-state index contributed by atoms with van der Waals surface area (Å²) in [6.45, 7) is 1.91. The van der Waals surface area contributed by atoms with Crippen molar-refractivity contribution in [2.24, 2.45) is 4.40 Å². The molecule has 132 valence electrons. The van der Waals surface area contributed by atoms with Crippen LogP contribution in [0.2, 0.25) is 5.02 Å². The fraction of sp³-hybridized carbons (Fsp3) is 0.0500. The fourth-order valence-electron chi connectivity index (χ4n) is 2.42. The van der Waals surface area contributed by atoms with Gasteiger partial charge in [0, 0.05) is 16.3 Å². The lowest BCUT2D eigenvalue weighted by Gasteiger charge is -2.12. The van der Waals surface area contributed by atoms with E-state index in [1.807, 2.05) is 61.5 Å². The summed E-state index contributed by atoms with van der Waals surface area (Å²) in [5.41, 5.74) is 2.38. The van der Waals surface area contributed by atoms with E-state index in [1.165, 1.54) is 24.3 Å². The number of para-hydroxylation sites is 1. The molecule has 0 amide bonds. The number of anilines is 1. The Balaban J connectivity index is 2.09. The smallest absolute Gasteiger partial charge is 0.284 e. The largest absolute Gasteiger partial charge is 0.339 e. The zero-order valence-electron chi connectivity index (χ0n) is 14.1. The minimum Gasteiger partial charge on any atom is -0.339 e. The second-order valence-corrected chi connectivity index (χ2v) is 7.72. The molecule has 0 unspecified atom stereocenters. The number of sulfonamides is 1. The molecule has 0 aliphatic carbocycles. The van der Waals surface area contributed by atoms with Crippen molar-refractivity contribution in [2.45, 2.75) is 11.8 Å². The lowest BCUT2D eigenvalue weighted by atomic mass is 10.1. The van der Waals surface area contributed by atoms with E-state index < -0.39 is 10.0 Å². The minimum absolute atomic E-state index is 0.0860. The monoisotopic (exact) mass is 384 g/mol. The van der Waals surface area contributed by atoms with Gasteiger partial charge in [0.15, 0.2) is 5.84 Å². The molecule has 0 bridgehead atoms. The van der Waals surface area contributed by atoms with Crippen LogP contribution in [0.5, 0.6) is 0 Å². The van der Waals surface area contributed by atoms with Gasteiger partial charge in [-0.3, -0.25) is 0 Å². The van der Waals surface area contributed by atoms with E-state index in [9.17, 15) is 8.42 Å². The van der Waals surface area contributed by atoms with Crippen LogP contribution >= 0.6 is 11.6 Å². The molecule has 0 aromatic heterocycles. The van der Waals surface area contributed by atoms with E-state index in [1.54, 1.807) is 0 Å². The fourth-order valence-corrected chi connectivity index (χ4v) is 3.51. The van der Waals surface area contributed by atoms with Gasteiger partial charge >= 0.3 is 0 Å². The van der Waals surface area contributed by atoms with Gasteiger partial charge in [0.1, 0.15) is 0 Å². The molecule has 0 radical (unpaired) electrons. The highest BCUT2D eigenvalue weighted by Gasteiger charge is 2.17. The maximum absolute atomic E-state index is 12.8. The SMILES string of the molecule is Cc1ccccc1/C(=N/S(=O)(=O)c1ccc(Cl)cc1)Nc1ccccc1. The average Bonchev–Trinajstić information content (AvgIpc) is 2.63. The summed E-state index contributed by atoms with van der Waals surface area (Å²) < 4.78 is 29.6. The summed E-state index contributed by atoms with van der Waals surface area (Å²) in [5.74, 6) is 0.268. The Bertz CT molecular complexity index is 1030. The Labute approximate surface area is 158 Å². The molecule has 4 nitrogen and oxygen atoms in total. The van der Waals surface area contributed by atoms with Crippen molar-refractivity contribution in [1.82, 2.24) is 0 Å². The summed E-state index contributed by atoms with van der Waals surface area (Å²) in [6, 6.07) is 22.8. The standard InChI is InChI=1S/C20H17ClN2O2S/c1-15-7-5-6-10-19(15)20(22-17-8-3-2-4-9-17)23-26(24,25)18-13-11-16(21)12-14-18/h2-14H,1H3,(H,22,23). The van der Waals surface area contributed by atoms with E-state index in [0.717, 1.165) is 11.3 Å². The highest BCUT2D eigenvalue weighted by molar-refractivity contribution is 7.90. The predicted molar refractivity (Wildman–Crippen MR) is 106 cm³/mol. The van der Waals surface area contributed by atoms with Crippen LogP contribution in [-0.4, -0.2) is 14.3 Å². The van der Waals surface area contributed by atoms with Crippen molar-refractivity contribution in [3.63, 3.8) is 0 Å². The minimum atomic E-state index is -3.89. The van der Waals surface area contributed by atoms with Crippen LogP contribution in [-0.2, 0) is 10.0 Å². The Morgan fingerprint density at radius 3 is 2.15 bits per heavy atom. The lowest BCUT2D eigenvalue weighted by molar-refractivity contribution is 0.598. The Morgan fingerprint density at radius 1 is 0.885 bits per heavy atom. The molecule has 3 aromatic carbocycles. The second kappa shape index (κ2) is 7.72. The van der Waals surface area contributed by atoms with Crippen LogP contribution in [0.3, 0.4) is 0 Å². The van der Waals surface area contributed by atoms with Gasteiger partial charge in [-0.15, -0.1) is 4.40 Å². The predicted octanol–water partition coefficient (Wildman–Crippen LogP) is 4.90. The van der Waals surface area contributed by atoms with E-state index >= 15 is 0 Å². The number of halogens is 1. The maximum Gasteiger partial charge on any atom is 0.284 e. The zero-order chi connectivity index (χ0) is 18.6. The molecule has 0 aliphatic heterocycles. The number of rotatable bonds is 4. The van der Waals surface area contributed by atoms with Crippen molar-refractivity contribution < 1.29 is 8.42 Å². The van der Waals surface area contributed by atoms with E-state index in [-0.39, 0.29) is 10.7 Å². The first-order valence-corrected chi connectivity index (χ1v) is 9.76. The third-order valence-corrected chi connectivity index (χ3v) is 5.30. The molecule has 0 spiro atoms. The van der Waals surface area contributed by atoms with Crippen LogP contribution < -0.4 is 5.32 Å². The summed E-state index contributed by atoms with van der Waals surface area (Å²) >= 11 is 5.85. The molecule has 26 heavy (non-hydrogen) atoms. The van der Waals surface area contributed by atoms with Crippen molar-refractivity contribution in [3.05, 3.63) is 95.0 Å². The summed E-state index contributed by atoms with van der Waals surface area (Å²) in [4.78, 5) is 0.0860. The van der Waals surface area contributed by atoms with Crippen molar-refractivity contribution in [2.75, 3.05) is 5.32 Å². The number of hydrogen-bond acceptors (Lipinski definition) is 2. The van der Waals surface area contributed by atoms with Crippen molar-refractivity contribution in [3.8, 4) is 0 Å². The Morgan fingerprint density at radius 2 is 1.50 bits per heavy atom. The average molecular weight is 385 g/mol. The second-order valence-electron chi connectivity index (χ2n) is 5.67. The molecule has 0 saturated heterocycles. The van der Waals surface area contributed by atoms with Gasteiger partial charge in [0.2, 0.25) is 0 Å². The number of nitrogens with zero attached hydrogens (tertiary/aromatic N) is 1. The van der Waals surface area contributed by atoms with Crippen LogP contribution in [0.1, 0.15) is 11.1 Å². The molecule has 3 aromatic rings. The van der Waals surface area contributed by atoms with Crippen molar-refractivity contribution >= 4 is 33.1 Å².